The molecule has 0 unspecified atom stereocenters. The van der Waals surface area contributed by atoms with Crippen molar-refractivity contribution in [3.05, 3.63) is 58.1 Å². The summed E-state index contributed by atoms with van der Waals surface area (Å²) in [4.78, 5) is 52.5. The van der Waals surface area contributed by atoms with Crippen LogP contribution in [0.15, 0.2) is 47.6 Å². The lowest BCUT2D eigenvalue weighted by molar-refractivity contribution is -0.234. The fourth-order valence-corrected chi connectivity index (χ4v) is 14.4. The van der Waals surface area contributed by atoms with Crippen LogP contribution in [0, 0.1) is 62.1 Å². The Bertz CT molecular complexity index is 1820. The number of hydrogen-bond acceptors (Lipinski definition) is 5. The molecule has 0 bridgehead atoms. The molecule has 4 saturated carbocycles. The minimum absolute atomic E-state index is 0.0120. The van der Waals surface area contributed by atoms with Crippen LogP contribution in [0.25, 0.3) is 0 Å². The maximum atomic E-state index is 14.4. The third-order valence-electron chi connectivity index (χ3n) is 17.1. The molecule has 0 amide bonds. The van der Waals surface area contributed by atoms with Gasteiger partial charge >= 0.3 is 11.9 Å². The van der Waals surface area contributed by atoms with Crippen molar-refractivity contribution in [2.75, 3.05) is 0 Å². The number of hydrogen-bond donors (Lipinski definition) is 1. The van der Waals surface area contributed by atoms with Gasteiger partial charge in [-0.1, -0.05) is 89.9 Å². The van der Waals surface area contributed by atoms with Gasteiger partial charge in [-0.2, -0.15) is 0 Å². The number of rotatable bonds is 12. The van der Waals surface area contributed by atoms with E-state index in [2.05, 4.69) is 61.1 Å². The molecule has 0 aromatic heterocycles. The Morgan fingerprint density at radius 1 is 0.946 bits per heavy atom. The maximum absolute atomic E-state index is 14.4. The first-order chi connectivity index (χ1) is 25.9. The van der Waals surface area contributed by atoms with Gasteiger partial charge in [0, 0.05) is 28.7 Å². The fourth-order valence-electron chi connectivity index (χ4n) is 14.2. The molecule has 56 heavy (non-hydrogen) atoms. The number of ketones is 2. The van der Waals surface area contributed by atoms with E-state index in [4.69, 9.17) is 16.3 Å². The number of carbonyl (C=O) groups is 4. The molecule has 0 spiro atoms. The Labute approximate surface area is 342 Å². The average molecular weight is 790 g/mol. The zero-order chi connectivity index (χ0) is 41.4. The Balaban J connectivity index is 1.32. The first-order valence-corrected chi connectivity index (χ1v) is 21.9. The van der Waals surface area contributed by atoms with E-state index < -0.39 is 17.4 Å². The van der Waals surface area contributed by atoms with Crippen molar-refractivity contribution < 1.29 is 29.0 Å². The van der Waals surface area contributed by atoms with Crippen molar-refractivity contribution >= 4 is 35.1 Å². The number of esters is 1. The van der Waals surface area contributed by atoms with E-state index in [1.54, 1.807) is 20.8 Å². The molecule has 7 heteroatoms. The van der Waals surface area contributed by atoms with Crippen molar-refractivity contribution in [1.29, 1.82) is 0 Å². The van der Waals surface area contributed by atoms with Gasteiger partial charge in [-0.05, 0) is 154 Å². The van der Waals surface area contributed by atoms with Crippen LogP contribution in [0.3, 0.4) is 0 Å². The number of carboxylic acids is 1. The number of benzene rings is 1. The summed E-state index contributed by atoms with van der Waals surface area (Å²) in [6.07, 6.45) is 9.94. The summed E-state index contributed by atoms with van der Waals surface area (Å²) in [5, 5.41) is 10.4. The van der Waals surface area contributed by atoms with Gasteiger partial charge in [0.25, 0.3) is 0 Å². The van der Waals surface area contributed by atoms with Crippen molar-refractivity contribution in [2.45, 2.75) is 159 Å². The molecular formula is C49H69ClO6. The number of fused-ring (bicyclic) bond motifs is 7. The highest BCUT2D eigenvalue weighted by Gasteiger charge is 2.70. The van der Waals surface area contributed by atoms with Crippen LogP contribution in [0.1, 0.15) is 152 Å². The number of Topliss-reactive ketones (excluding diaryl/α,β-unsaturated/α-hetero) is 2. The van der Waals surface area contributed by atoms with Crippen molar-refractivity contribution in [3.8, 4) is 0 Å². The van der Waals surface area contributed by atoms with E-state index in [1.165, 1.54) is 5.57 Å². The summed E-state index contributed by atoms with van der Waals surface area (Å²) >= 11 is 6.36. The Hall–Kier alpha value is -2.73. The van der Waals surface area contributed by atoms with Crippen LogP contribution in [0.5, 0.6) is 0 Å². The second-order valence-corrected chi connectivity index (χ2v) is 21.9. The monoisotopic (exact) mass is 788 g/mol. The first-order valence-electron chi connectivity index (χ1n) is 21.5. The normalized spacial score (nSPS) is 35.5. The Morgan fingerprint density at radius 3 is 2.27 bits per heavy atom. The van der Waals surface area contributed by atoms with Gasteiger partial charge in [-0.25, -0.2) is 0 Å². The molecular weight excluding hydrogens is 720 g/mol. The van der Waals surface area contributed by atoms with Crippen molar-refractivity contribution in [1.82, 2.24) is 0 Å². The number of carbonyl (C=O) groups excluding carboxylic acids is 3. The SMILES string of the molecule is C=C(Cc1cccc(Cl)c1)C[C@H](CC(C)=O)[C@@]12CC[C@]3(C)[C@H](CC[C@@H]4[C@@]5(C)CC[C@H](OC(=O)CC(C)(C)C(=O)O)C(C)(C)[C@@H]5CC[C@]43C)C1=C(C(C)C)C(=O)C2. The van der Waals surface area contributed by atoms with Gasteiger partial charge in [0.15, 0.2) is 5.78 Å². The molecule has 5 aliphatic rings. The van der Waals surface area contributed by atoms with E-state index in [9.17, 15) is 24.3 Å². The minimum Gasteiger partial charge on any atom is -0.481 e. The second-order valence-electron chi connectivity index (χ2n) is 21.4. The van der Waals surface area contributed by atoms with E-state index in [1.807, 2.05) is 18.2 Å². The van der Waals surface area contributed by atoms with Gasteiger partial charge in [0.05, 0.1) is 11.8 Å². The molecule has 4 fully saturated rings. The number of aliphatic carboxylic acids is 1. The highest BCUT2D eigenvalue weighted by atomic mass is 35.5. The molecule has 9 atom stereocenters. The van der Waals surface area contributed by atoms with Crippen LogP contribution < -0.4 is 0 Å². The minimum atomic E-state index is -1.17. The Morgan fingerprint density at radius 2 is 1.64 bits per heavy atom. The summed E-state index contributed by atoms with van der Waals surface area (Å²) < 4.78 is 6.20. The van der Waals surface area contributed by atoms with Gasteiger partial charge in [-0.15, -0.1) is 0 Å². The molecule has 1 aromatic rings. The van der Waals surface area contributed by atoms with Gasteiger partial charge in [-0.3, -0.25) is 14.4 Å². The largest absolute Gasteiger partial charge is 0.481 e. The van der Waals surface area contributed by atoms with Crippen LogP contribution in [0.2, 0.25) is 5.02 Å². The standard InChI is InChI=1S/C49H69ClO6/c1-29(2)41-36(52)27-49(33(25-31(4)51)24-30(3)23-32-13-12-14-34(50)26-32)22-21-47(10)35(42(41)49)15-16-38-46(9)19-18-39(56-40(53)28-44(5,6)43(54)55)45(7,8)37(46)17-20-48(38,47)11/h12-14,26,29,33,35,37-39H,3,15-25,27-28H2,1-2,4-11H3,(H,54,55)/t33-,35-,37+,38-,39+,46+,47-,48-,49+/m1/s1. The molecule has 6 rings (SSSR count). The molecule has 1 N–H and O–H groups in total. The fraction of sp³-hybridized carbons (Fsp3) is 0.714. The second kappa shape index (κ2) is 14.8. The van der Waals surface area contributed by atoms with Gasteiger partial charge in [0.2, 0.25) is 0 Å². The number of halogens is 1. The highest BCUT2D eigenvalue weighted by Crippen LogP contribution is 2.77. The zero-order valence-corrected chi connectivity index (χ0v) is 36.8. The third kappa shape index (κ3) is 6.98. The molecule has 6 nitrogen and oxygen atoms in total. The topological polar surface area (TPSA) is 97.7 Å². The molecule has 0 radical (unpaired) electrons. The average Bonchev–Trinajstić information content (AvgIpc) is 3.39. The van der Waals surface area contributed by atoms with E-state index in [-0.39, 0.29) is 68.9 Å². The summed E-state index contributed by atoms with van der Waals surface area (Å²) in [6.45, 7) is 26.0. The summed E-state index contributed by atoms with van der Waals surface area (Å²) in [6, 6.07) is 7.94. The molecule has 5 aliphatic carbocycles. The van der Waals surface area contributed by atoms with Crippen LogP contribution in [-0.2, 0) is 30.3 Å². The lowest BCUT2D eigenvalue weighted by Gasteiger charge is -2.72. The first kappa shape index (κ1) is 42.9. The van der Waals surface area contributed by atoms with Crippen LogP contribution >= 0.6 is 11.6 Å². The predicted molar refractivity (Wildman–Crippen MR) is 223 cm³/mol. The summed E-state index contributed by atoms with van der Waals surface area (Å²) in [5.74, 6) is 0.307. The van der Waals surface area contributed by atoms with Crippen molar-refractivity contribution in [3.63, 3.8) is 0 Å². The summed E-state index contributed by atoms with van der Waals surface area (Å²) in [7, 11) is 0. The zero-order valence-electron chi connectivity index (χ0n) is 36.0. The molecule has 0 aliphatic heterocycles. The quantitative estimate of drug-likeness (QED) is 0.167. The predicted octanol–water partition coefficient (Wildman–Crippen LogP) is 11.8. The summed E-state index contributed by atoms with van der Waals surface area (Å²) in [5.41, 5.74) is 2.98. The molecule has 0 heterocycles. The van der Waals surface area contributed by atoms with Crippen LogP contribution in [0.4, 0.5) is 0 Å². The van der Waals surface area contributed by atoms with E-state index in [0.29, 0.717) is 42.5 Å². The molecule has 0 saturated heterocycles. The molecule has 1 aromatic carbocycles. The Kier molecular flexibility index (Phi) is 11.3. The molecule has 308 valence electrons. The van der Waals surface area contributed by atoms with Crippen LogP contribution in [-0.4, -0.2) is 34.7 Å². The maximum Gasteiger partial charge on any atom is 0.309 e. The number of allylic oxidation sites excluding steroid dienone is 3. The van der Waals surface area contributed by atoms with E-state index >= 15 is 0 Å². The highest BCUT2D eigenvalue weighted by molar-refractivity contribution is 6.30. The van der Waals surface area contributed by atoms with E-state index in [0.717, 1.165) is 68.1 Å². The van der Waals surface area contributed by atoms with Gasteiger partial charge < -0.3 is 14.6 Å². The lowest BCUT2D eigenvalue weighted by atomic mass is 9.32. The third-order valence-corrected chi connectivity index (χ3v) is 17.3. The van der Waals surface area contributed by atoms with Crippen molar-refractivity contribution in [2.24, 2.45) is 62.1 Å². The lowest BCUT2D eigenvalue weighted by Crippen LogP contribution is -2.66. The number of ether oxygens (including phenoxy) is 1. The number of carboxylic acid groups (broad SMARTS) is 1. The smallest absolute Gasteiger partial charge is 0.309 e. The van der Waals surface area contributed by atoms with Gasteiger partial charge in [0.1, 0.15) is 11.9 Å².